The van der Waals surface area contributed by atoms with E-state index in [1.54, 1.807) is 0 Å². The zero-order valence-electron chi connectivity index (χ0n) is 13.9. The highest BCUT2D eigenvalue weighted by Crippen LogP contribution is 2.26. The molecule has 0 spiro atoms. The Morgan fingerprint density at radius 3 is 2.25 bits per heavy atom. The number of hydrogen-bond donors (Lipinski definition) is 1. The summed E-state index contributed by atoms with van der Waals surface area (Å²) < 4.78 is 0. The van der Waals surface area contributed by atoms with Gasteiger partial charge in [0.1, 0.15) is 0 Å². The second-order valence-corrected chi connectivity index (χ2v) is 6.59. The lowest BCUT2D eigenvalue weighted by molar-refractivity contribution is 0.165. The minimum absolute atomic E-state index is 0.158. The van der Waals surface area contributed by atoms with E-state index in [0.717, 1.165) is 12.2 Å². The van der Waals surface area contributed by atoms with Gasteiger partial charge in [-0.2, -0.15) is 0 Å². The van der Waals surface area contributed by atoms with Gasteiger partial charge in [-0.1, -0.05) is 46.2 Å². The maximum atomic E-state index is 5.80. The summed E-state index contributed by atoms with van der Waals surface area (Å²) in [5.41, 5.74) is 8.17. The van der Waals surface area contributed by atoms with Gasteiger partial charge < -0.3 is 5.73 Å². The standard InChI is InChI=1S/C18H32N2/c1-6-8-13-20(15(3)7-2)14-18(4,5)16-9-11-17(19)12-10-16/h9-12,15H,6-8,13-14,19H2,1-5H3. The molecule has 2 heteroatoms. The molecule has 0 radical (unpaired) electrons. The summed E-state index contributed by atoms with van der Waals surface area (Å²) in [6, 6.07) is 9.01. The predicted molar refractivity (Wildman–Crippen MR) is 90.1 cm³/mol. The molecule has 0 aromatic heterocycles. The molecule has 0 aliphatic rings. The number of anilines is 1. The van der Waals surface area contributed by atoms with Gasteiger partial charge in [0.05, 0.1) is 0 Å². The molecule has 0 saturated carbocycles. The highest BCUT2D eigenvalue weighted by molar-refractivity contribution is 5.41. The Balaban J connectivity index is 2.81. The molecule has 1 rings (SSSR count). The number of nitrogens with two attached hydrogens (primary N) is 1. The maximum absolute atomic E-state index is 5.80. The highest BCUT2D eigenvalue weighted by atomic mass is 15.2. The van der Waals surface area contributed by atoms with Crippen LogP contribution in [0, 0.1) is 0 Å². The summed E-state index contributed by atoms with van der Waals surface area (Å²) in [4.78, 5) is 2.64. The van der Waals surface area contributed by atoms with Crippen LogP contribution in [0.3, 0.4) is 0 Å². The van der Waals surface area contributed by atoms with Crippen molar-refractivity contribution in [1.29, 1.82) is 0 Å². The lowest BCUT2D eigenvalue weighted by atomic mass is 9.83. The van der Waals surface area contributed by atoms with Gasteiger partial charge in [-0.15, -0.1) is 0 Å². The number of unbranched alkanes of at least 4 members (excludes halogenated alkanes) is 1. The second-order valence-electron chi connectivity index (χ2n) is 6.59. The van der Waals surface area contributed by atoms with Crippen molar-refractivity contribution in [1.82, 2.24) is 4.90 Å². The molecule has 0 aliphatic heterocycles. The van der Waals surface area contributed by atoms with Crippen LogP contribution < -0.4 is 5.73 Å². The van der Waals surface area contributed by atoms with Gasteiger partial charge in [0.25, 0.3) is 0 Å². The second kappa shape index (κ2) is 7.68. The number of hydrogen-bond acceptors (Lipinski definition) is 2. The first-order chi connectivity index (χ1) is 9.40. The maximum Gasteiger partial charge on any atom is 0.0314 e. The summed E-state index contributed by atoms with van der Waals surface area (Å²) in [6.07, 6.45) is 3.75. The van der Waals surface area contributed by atoms with Crippen molar-refractivity contribution in [2.45, 2.75) is 65.3 Å². The molecule has 20 heavy (non-hydrogen) atoms. The predicted octanol–water partition coefficient (Wildman–Crippen LogP) is 4.45. The van der Waals surface area contributed by atoms with Crippen molar-refractivity contribution in [2.24, 2.45) is 0 Å². The first-order valence-electron chi connectivity index (χ1n) is 8.00. The molecule has 0 aliphatic carbocycles. The zero-order chi connectivity index (χ0) is 15.2. The van der Waals surface area contributed by atoms with E-state index >= 15 is 0 Å². The molecule has 0 heterocycles. The molecule has 2 N–H and O–H groups in total. The van der Waals surface area contributed by atoms with E-state index in [1.807, 2.05) is 12.1 Å². The van der Waals surface area contributed by atoms with E-state index in [9.17, 15) is 0 Å². The summed E-state index contributed by atoms with van der Waals surface area (Å²) in [5.74, 6) is 0. The summed E-state index contributed by atoms with van der Waals surface area (Å²) >= 11 is 0. The van der Waals surface area contributed by atoms with E-state index in [0.29, 0.717) is 6.04 Å². The van der Waals surface area contributed by atoms with E-state index in [-0.39, 0.29) is 5.41 Å². The van der Waals surface area contributed by atoms with Crippen LogP contribution in [0.15, 0.2) is 24.3 Å². The van der Waals surface area contributed by atoms with E-state index in [2.05, 4.69) is 51.7 Å². The molecule has 1 atom stereocenters. The van der Waals surface area contributed by atoms with Crippen molar-refractivity contribution >= 4 is 5.69 Å². The smallest absolute Gasteiger partial charge is 0.0314 e. The van der Waals surface area contributed by atoms with Crippen LogP contribution in [0.1, 0.15) is 59.4 Å². The van der Waals surface area contributed by atoms with Gasteiger partial charge in [0, 0.05) is 23.7 Å². The lowest BCUT2D eigenvalue weighted by Gasteiger charge is -2.36. The molecule has 114 valence electrons. The van der Waals surface area contributed by atoms with E-state index < -0.39 is 0 Å². The minimum Gasteiger partial charge on any atom is -0.399 e. The number of benzene rings is 1. The summed E-state index contributed by atoms with van der Waals surface area (Å²) in [5, 5.41) is 0. The number of nitrogens with zero attached hydrogens (tertiary/aromatic N) is 1. The monoisotopic (exact) mass is 276 g/mol. The molecular weight excluding hydrogens is 244 g/mol. The first kappa shape index (κ1) is 17.0. The van der Waals surface area contributed by atoms with Crippen LogP contribution in [-0.4, -0.2) is 24.0 Å². The lowest BCUT2D eigenvalue weighted by Crippen LogP contribution is -2.42. The fraction of sp³-hybridized carbons (Fsp3) is 0.667. The van der Waals surface area contributed by atoms with Gasteiger partial charge in [-0.05, 0) is 44.0 Å². The third-order valence-corrected chi connectivity index (χ3v) is 4.30. The average molecular weight is 276 g/mol. The van der Waals surface area contributed by atoms with Gasteiger partial charge in [0.15, 0.2) is 0 Å². The van der Waals surface area contributed by atoms with Gasteiger partial charge in [-0.3, -0.25) is 4.90 Å². The fourth-order valence-corrected chi connectivity index (χ4v) is 2.61. The van der Waals surface area contributed by atoms with Crippen LogP contribution in [0.5, 0.6) is 0 Å². The Morgan fingerprint density at radius 1 is 1.15 bits per heavy atom. The Hall–Kier alpha value is -1.02. The van der Waals surface area contributed by atoms with Crippen molar-refractivity contribution in [3.8, 4) is 0 Å². The molecule has 0 fully saturated rings. The molecule has 1 aromatic carbocycles. The minimum atomic E-state index is 0.158. The van der Waals surface area contributed by atoms with Crippen molar-refractivity contribution in [3.05, 3.63) is 29.8 Å². The van der Waals surface area contributed by atoms with Gasteiger partial charge >= 0.3 is 0 Å². The van der Waals surface area contributed by atoms with Gasteiger partial charge in [-0.25, -0.2) is 0 Å². The molecule has 1 unspecified atom stereocenters. The van der Waals surface area contributed by atoms with E-state index in [4.69, 9.17) is 5.73 Å². The van der Waals surface area contributed by atoms with E-state index in [1.165, 1.54) is 31.4 Å². The topological polar surface area (TPSA) is 29.3 Å². The molecule has 0 amide bonds. The number of nitrogen functional groups attached to an aromatic ring is 1. The Labute approximate surface area is 125 Å². The number of rotatable bonds is 8. The quantitative estimate of drug-likeness (QED) is 0.711. The van der Waals surface area contributed by atoms with Crippen LogP contribution in [0.25, 0.3) is 0 Å². The zero-order valence-corrected chi connectivity index (χ0v) is 13.9. The Bertz CT molecular complexity index is 381. The Kier molecular flexibility index (Phi) is 6.54. The molecule has 0 saturated heterocycles. The van der Waals surface area contributed by atoms with Crippen LogP contribution in [0.4, 0.5) is 5.69 Å². The third kappa shape index (κ3) is 4.82. The molecule has 0 bridgehead atoms. The van der Waals surface area contributed by atoms with Crippen LogP contribution in [-0.2, 0) is 5.41 Å². The largest absolute Gasteiger partial charge is 0.399 e. The van der Waals surface area contributed by atoms with Crippen molar-refractivity contribution in [3.63, 3.8) is 0 Å². The summed E-state index contributed by atoms with van der Waals surface area (Å²) in [6.45, 7) is 13.9. The van der Waals surface area contributed by atoms with Crippen LogP contribution in [0.2, 0.25) is 0 Å². The fourth-order valence-electron chi connectivity index (χ4n) is 2.61. The first-order valence-corrected chi connectivity index (χ1v) is 8.00. The molecule has 1 aromatic rings. The molecular formula is C18H32N2. The van der Waals surface area contributed by atoms with Gasteiger partial charge in [0.2, 0.25) is 0 Å². The Morgan fingerprint density at radius 2 is 1.75 bits per heavy atom. The highest BCUT2D eigenvalue weighted by Gasteiger charge is 2.25. The molecule has 2 nitrogen and oxygen atoms in total. The normalized spacial score (nSPS) is 13.7. The summed E-state index contributed by atoms with van der Waals surface area (Å²) in [7, 11) is 0. The van der Waals surface area contributed by atoms with Crippen molar-refractivity contribution in [2.75, 3.05) is 18.8 Å². The SMILES string of the molecule is CCCCN(CC(C)(C)c1ccc(N)cc1)C(C)CC. The average Bonchev–Trinajstić information content (AvgIpc) is 2.43. The van der Waals surface area contributed by atoms with Crippen LogP contribution >= 0.6 is 0 Å². The third-order valence-electron chi connectivity index (χ3n) is 4.30. The van der Waals surface area contributed by atoms with Crippen molar-refractivity contribution < 1.29 is 0 Å².